The molecule has 1 unspecified atom stereocenters. The van der Waals surface area contributed by atoms with Gasteiger partial charge >= 0.3 is 0 Å². The van der Waals surface area contributed by atoms with Crippen molar-refractivity contribution in [1.29, 1.82) is 0 Å². The highest BCUT2D eigenvalue weighted by atomic mass is 16.6. The van der Waals surface area contributed by atoms with Crippen LogP contribution in [-0.2, 0) is 0 Å². The van der Waals surface area contributed by atoms with E-state index in [0.29, 0.717) is 12.5 Å². The van der Waals surface area contributed by atoms with Crippen molar-refractivity contribution in [2.45, 2.75) is 33.1 Å². The lowest BCUT2D eigenvalue weighted by atomic mass is 10.0. The van der Waals surface area contributed by atoms with Crippen LogP contribution in [0.2, 0.25) is 0 Å². The van der Waals surface area contributed by atoms with Gasteiger partial charge in [0.05, 0.1) is 4.92 Å². The van der Waals surface area contributed by atoms with E-state index in [-0.39, 0.29) is 17.2 Å². The molecule has 0 aliphatic carbocycles. The number of nitrogens with zero attached hydrogens (tertiary/aromatic N) is 1. The second-order valence-electron chi connectivity index (χ2n) is 5.12. The van der Waals surface area contributed by atoms with Gasteiger partial charge in [-0.2, -0.15) is 0 Å². The molecular formula is C15H25N3O3. The van der Waals surface area contributed by atoms with E-state index in [1.165, 1.54) is 0 Å². The second-order valence-corrected chi connectivity index (χ2v) is 5.12. The van der Waals surface area contributed by atoms with Gasteiger partial charge < -0.3 is 15.7 Å². The first-order valence-electron chi connectivity index (χ1n) is 7.48. The third-order valence-electron chi connectivity index (χ3n) is 3.42. The summed E-state index contributed by atoms with van der Waals surface area (Å²) in [6, 6.07) is 4.98. The SMILES string of the molecule is CCCNc1cc(NCC(CC)CCO)cc([N+](=O)[O-])c1. The fourth-order valence-corrected chi connectivity index (χ4v) is 2.09. The molecule has 0 saturated carbocycles. The van der Waals surface area contributed by atoms with Crippen molar-refractivity contribution in [3.8, 4) is 0 Å². The van der Waals surface area contributed by atoms with E-state index in [1.54, 1.807) is 12.1 Å². The van der Waals surface area contributed by atoms with Gasteiger partial charge in [-0.3, -0.25) is 10.1 Å². The first kappa shape index (κ1) is 17.2. The summed E-state index contributed by atoms with van der Waals surface area (Å²) in [5, 5.41) is 26.4. The van der Waals surface area contributed by atoms with Gasteiger partial charge in [0.25, 0.3) is 5.69 Å². The number of anilines is 2. The molecule has 1 aromatic rings. The minimum absolute atomic E-state index is 0.0776. The Bertz CT molecular complexity index is 452. The summed E-state index contributed by atoms with van der Waals surface area (Å²) in [7, 11) is 0. The highest BCUT2D eigenvalue weighted by Crippen LogP contribution is 2.25. The van der Waals surface area contributed by atoms with Crippen molar-refractivity contribution in [3.05, 3.63) is 28.3 Å². The maximum atomic E-state index is 11.0. The fourth-order valence-electron chi connectivity index (χ4n) is 2.09. The summed E-state index contributed by atoms with van der Waals surface area (Å²) in [5.74, 6) is 0.362. The molecule has 0 aromatic heterocycles. The summed E-state index contributed by atoms with van der Waals surface area (Å²) >= 11 is 0. The lowest BCUT2D eigenvalue weighted by Crippen LogP contribution is -2.15. The van der Waals surface area contributed by atoms with Crippen molar-refractivity contribution < 1.29 is 10.0 Å². The molecule has 21 heavy (non-hydrogen) atoms. The van der Waals surface area contributed by atoms with E-state index in [2.05, 4.69) is 17.6 Å². The molecule has 0 heterocycles. The summed E-state index contributed by atoms with van der Waals surface area (Å²) < 4.78 is 0. The molecule has 0 aliphatic heterocycles. The Hall–Kier alpha value is -1.82. The van der Waals surface area contributed by atoms with Crippen molar-refractivity contribution >= 4 is 17.1 Å². The van der Waals surface area contributed by atoms with E-state index in [0.717, 1.165) is 37.2 Å². The Morgan fingerprint density at radius 3 is 2.43 bits per heavy atom. The molecular weight excluding hydrogens is 270 g/mol. The van der Waals surface area contributed by atoms with Crippen LogP contribution in [0.1, 0.15) is 33.1 Å². The highest BCUT2D eigenvalue weighted by molar-refractivity contribution is 5.63. The molecule has 0 fully saturated rings. The van der Waals surface area contributed by atoms with Crippen molar-refractivity contribution in [1.82, 2.24) is 0 Å². The lowest BCUT2D eigenvalue weighted by molar-refractivity contribution is -0.384. The van der Waals surface area contributed by atoms with Gasteiger partial charge in [0, 0.05) is 43.2 Å². The molecule has 6 heteroatoms. The Kier molecular flexibility index (Phi) is 7.53. The molecule has 0 bridgehead atoms. The van der Waals surface area contributed by atoms with E-state index in [4.69, 9.17) is 5.11 Å². The van der Waals surface area contributed by atoms with E-state index >= 15 is 0 Å². The van der Waals surface area contributed by atoms with Gasteiger partial charge in [-0.05, 0) is 24.8 Å². The zero-order valence-electron chi connectivity index (χ0n) is 12.8. The molecule has 0 saturated heterocycles. The van der Waals surface area contributed by atoms with Crippen LogP contribution in [-0.4, -0.2) is 29.7 Å². The molecule has 0 radical (unpaired) electrons. The summed E-state index contributed by atoms with van der Waals surface area (Å²) in [6.07, 6.45) is 2.66. The summed E-state index contributed by atoms with van der Waals surface area (Å²) in [5.41, 5.74) is 1.57. The molecule has 1 rings (SSSR count). The van der Waals surface area contributed by atoms with Gasteiger partial charge in [-0.15, -0.1) is 0 Å². The molecule has 3 N–H and O–H groups in total. The molecule has 118 valence electrons. The topological polar surface area (TPSA) is 87.4 Å². The first-order valence-corrected chi connectivity index (χ1v) is 7.48. The predicted octanol–water partition coefficient (Wildman–Crippen LogP) is 3.24. The van der Waals surface area contributed by atoms with Crippen LogP contribution in [0.15, 0.2) is 18.2 Å². The lowest BCUT2D eigenvalue weighted by Gasteiger charge is -2.16. The number of nitro groups is 1. The average molecular weight is 295 g/mol. The molecule has 1 atom stereocenters. The second kappa shape index (κ2) is 9.18. The molecule has 0 aliphatic rings. The third kappa shape index (κ3) is 5.99. The zero-order chi connectivity index (χ0) is 15.7. The molecule has 6 nitrogen and oxygen atoms in total. The van der Waals surface area contributed by atoms with Gasteiger partial charge in [-0.25, -0.2) is 0 Å². The van der Waals surface area contributed by atoms with Gasteiger partial charge in [0.2, 0.25) is 0 Å². The zero-order valence-corrected chi connectivity index (χ0v) is 12.8. The number of aliphatic hydroxyl groups is 1. The van der Waals surface area contributed by atoms with Crippen LogP contribution in [0.3, 0.4) is 0 Å². The van der Waals surface area contributed by atoms with Gasteiger partial charge in [0.1, 0.15) is 0 Å². The van der Waals surface area contributed by atoms with Gasteiger partial charge in [0.15, 0.2) is 0 Å². The standard InChI is InChI=1S/C15H25N3O3/c1-3-6-16-13-8-14(10-15(9-13)18(20)21)17-11-12(4-2)5-7-19/h8-10,12,16-17,19H,3-7,11H2,1-2H3. The Labute approximate surface area is 125 Å². The number of nitro benzene ring substituents is 1. The van der Waals surface area contributed by atoms with Crippen LogP contribution < -0.4 is 10.6 Å². The molecule has 0 spiro atoms. The normalized spacial score (nSPS) is 12.0. The smallest absolute Gasteiger partial charge is 0.273 e. The number of benzene rings is 1. The minimum Gasteiger partial charge on any atom is -0.396 e. The third-order valence-corrected chi connectivity index (χ3v) is 3.42. The van der Waals surface area contributed by atoms with Crippen LogP contribution in [0.25, 0.3) is 0 Å². The quantitative estimate of drug-likeness (QED) is 0.455. The van der Waals surface area contributed by atoms with Crippen molar-refractivity contribution in [3.63, 3.8) is 0 Å². The van der Waals surface area contributed by atoms with E-state index < -0.39 is 0 Å². The summed E-state index contributed by atoms with van der Waals surface area (Å²) in [4.78, 5) is 10.6. The number of non-ortho nitro benzene ring substituents is 1. The number of hydrogen-bond acceptors (Lipinski definition) is 5. The van der Waals surface area contributed by atoms with Gasteiger partial charge in [-0.1, -0.05) is 20.3 Å². The van der Waals surface area contributed by atoms with Crippen LogP contribution in [0.4, 0.5) is 17.1 Å². The predicted molar refractivity (Wildman–Crippen MR) is 85.9 cm³/mol. The fraction of sp³-hybridized carbons (Fsp3) is 0.600. The maximum Gasteiger partial charge on any atom is 0.273 e. The van der Waals surface area contributed by atoms with Crippen LogP contribution in [0, 0.1) is 16.0 Å². The van der Waals surface area contributed by atoms with E-state index in [1.807, 2.05) is 13.0 Å². The largest absolute Gasteiger partial charge is 0.396 e. The molecule has 0 amide bonds. The number of nitrogens with one attached hydrogen (secondary N) is 2. The minimum atomic E-state index is -0.382. The van der Waals surface area contributed by atoms with Crippen molar-refractivity contribution in [2.75, 3.05) is 30.3 Å². The van der Waals surface area contributed by atoms with E-state index in [9.17, 15) is 10.1 Å². The first-order chi connectivity index (χ1) is 10.1. The monoisotopic (exact) mass is 295 g/mol. The summed E-state index contributed by atoms with van der Waals surface area (Å²) in [6.45, 7) is 5.76. The highest BCUT2D eigenvalue weighted by Gasteiger charge is 2.11. The van der Waals surface area contributed by atoms with Crippen LogP contribution in [0.5, 0.6) is 0 Å². The Morgan fingerprint density at radius 2 is 1.90 bits per heavy atom. The number of hydrogen-bond donors (Lipinski definition) is 3. The maximum absolute atomic E-state index is 11.0. The number of aliphatic hydroxyl groups excluding tert-OH is 1. The Balaban J connectivity index is 2.79. The molecule has 1 aromatic carbocycles. The van der Waals surface area contributed by atoms with Crippen LogP contribution >= 0.6 is 0 Å². The van der Waals surface area contributed by atoms with Crippen molar-refractivity contribution in [2.24, 2.45) is 5.92 Å². The number of rotatable bonds is 10. The Morgan fingerprint density at radius 1 is 1.24 bits per heavy atom. The average Bonchev–Trinajstić information content (AvgIpc) is 2.49.